The number of rotatable bonds is 11. The topological polar surface area (TPSA) is 75.2 Å². The van der Waals surface area contributed by atoms with Crippen molar-refractivity contribution in [3.05, 3.63) is 59.9 Å². The van der Waals surface area contributed by atoms with Crippen LogP contribution in [0.3, 0.4) is 0 Å². The first kappa shape index (κ1) is 24.0. The minimum absolute atomic E-state index is 0.0139. The number of hydrogen-bond acceptors (Lipinski definition) is 4. The molecule has 0 saturated carbocycles. The number of aliphatic imine (C=N–C) groups is 1. The number of ether oxygens (including phenoxy) is 2. The first-order chi connectivity index (χ1) is 15.0. The molecule has 0 radical (unpaired) electrons. The lowest BCUT2D eigenvalue weighted by Gasteiger charge is -2.22. The van der Waals surface area contributed by atoms with Crippen LogP contribution >= 0.6 is 0 Å². The van der Waals surface area contributed by atoms with E-state index in [9.17, 15) is 9.18 Å². The van der Waals surface area contributed by atoms with Gasteiger partial charge in [0.1, 0.15) is 23.9 Å². The fourth-order valence-electron chi connectivity index (χ4n) is 2.70. The summed E-state index contributed by atoms with van der Waals surface area (Å²) in [5.74, 6) is 1.57. The number of nitrogens with zero attached hydrogens (tertiary/aromatic N) is 2. The summed E-state index contributed by atoms with van der Waals surface area (Å²) in [5, 5.41) is 5.96. The Morgan fingerprint density at radius 1 is 1.03 bits per heavy atom. The molecule has 0 fully saturated rings. The van der Waals surface area contributed by atoms with Gasteiger partial charge in [-0.2, -0.15) is 0 Å². The summed E-state index contributed by atoms with van der Waals surface area (Å²) in [4.78, 5) is 18.2. The van der Waals surface area contributed by atoms with Gasteiger partial charge < -0.3 is 25.0 Å². The molecule has 1 amide bonds. The molecule has 0 aliphatic rings. The third-order valence-corrected chi connectivity index (χ3v) is 4.26. The van der Waals surface area contributed by atoms with Crippen molar-refractivity contribution in [2.45, 2.75) is 20.4 Å². The highest BCUT2D eigenvalue weighted by Gasteiger charge is 2.07. The van der Waals surface area contributed by atoms with E-state index in [2.05, 4.69) is 15.6 Å². The van der Waals surface area contributed by atoms with Crippen molar-refractivity contribution in [2.24, 2.45) is 4.99 Å². The Labute approximate surface area is 183 Å². The van der Waals surface area contributed by atoms with Gasteiger partial charge in [-0.1, -0.05) is 12.1 Å². The first-order valence-corrected chi connectivity index (χ1v) is 10.4. The van der Waals surface area contributed by atoms with Crippen LogP contribution in [-0.4, -0.2) is 56.7 Å². The van der Waals surface area contributed by atoms with Crippen LogP contribution in [-0.2, 0) is 11.3 Å². The standard InChI is InChI=1S/C23H31FN4O3/c1-4-25-22(29)17-31-21-8-6-7-18(15-21)16-27-23(26-5-2)28(3)13-14-30-20-11-9-19(24)10-12-20/h6-12,15H,4-5,13-14,16-17H2,1-3H3,(H,25,29)(H,26,27). The quantitative estimate of drug-likeness (QED) is 0.424. The van der Waals surface area contributed by atoms with Gasteiger partial charge in [-0.3, -0.25) is 4.79 Å². The average Bonchev–Trinajstić information content (AvgIpc) is 2.77. The molecule has 2 aromatic carbocycles. The molecule has 7 nitrogen and oxygen atoms in total. The highest BCUT2D eigenvalue weighted by Crippen LogP contribution is 2.14. The molecule has 0 unspecified atom stereocenters. The smallest absolute Gasteiger partial charge is 0.257 e. The maximum Gasteiger partial charge on any atom is 0.257 e. The molecule has 0 spiro atoms. The number of carbonyl (C=O) groups excluding carboxylic acids is 1. The zero-order chi connectivity index (χ0) is 22.5. The van der Waals surface area contributed by atoms with Gasteiger partial charge in [0.2, 0.25) is 0 Å². The van der Waals surface area contributed by atoms with E-state index in [4.69, 9.17) is 9.47 Å². The molecule has 0 aliphatic heterocycles. The van der Waals surface area contributed by atoms with Crippen molar-refractivity contribution < 1.29 is 18.7 Å². The van der Waals surface area contributed by atoms with Gasteiger partial charge in [0.15, 0.2) is 12.6 Å². The Morgan fingerprint density at radius 3 is 2.48 bits per heavy atom. The summed E-state index contributed by atoms with van der Waals surface area (Å²) in [6.07, 6.45) is 0. The van der Waals surface area contributed by atoms with Crippen molar-refractivity contribution in [3.63, 3.8) is 0 Å². The largest absolute Gasteiger partial charge is 0.492 e. The number of halogens is 1. The summed E-state index contributed by atoms with van der Waals surface area (Å²) >= 11 is 0. The molecule has 0 heterocycles. The molecule has 2 rings (SSSR count). The highest BCUT2D eigenvalue weighted by atomic mass is 19.1. The van der Waals surface area contributed by atoms with Gasteiger partial charge in [0, 0.05) is 20.1 Å². The van der Waals surface area contributed by atoms with Crippen LogP contribution in [0.5, 0.6) is 11.5 Å². The van der Waals surface area contributed by atoms with Gasteiger partial charge in [-0.25, -0.2) is 9.38 Å². The van der Waals surface area contributed by atoms with Gasteiger partial charge in [0.05, 0.1) is 13.1 Å². The van der Waals surface area contributed by atoms with Crippen LogP contribution in [0.15, 0.2) is 53.5 Å². The van der Waals surface area contributed by atoms with E-state index in [0.717, 1.165) is 18.1 Å². The zero-order valence-corrected chi connectivity index (χ0v) is 18.4. The zero-order valence-electron chi connectivity index (χ0n) is 18.4. The number of nitrogens with one attached hydrogen (secondary N) is 2. The van der Waals surface area contributed by atoms with Crippen LogP contribution in [0.4, 0.5) is 4.39 Å². The van der Waals surface area contributed by atoms with E-state index >= 15 is 0 Å². The number of amides is 1. The van der Waals surface area contributed by atoms with E-state index in [1.807, 2.05) is 50.1 Å². The van der Waals surface area contributed by atoms with Crippen LogP contribution in [0, 0.1) is 5.82 Å². The Hall–Kier alpha value is -3.29. The van der Waals surface area contributed by atoms with Gasteiger partial charge in [-0.05, 0) is 55.8 Å². The molecule has 31 heavy (non-hydrogen) atoms. The van der Waals surface area contributed by atoms with Crippen LogP contribution in [0.1, 0.15) is 19.4 Å². The third kappa shape index (κ3) is 8.94. The minimum Gasteiger partial charge on any atom is -0.492 e. The summed E-state index contributed by atoms with van der Waals surface area (Å²) in [5.41, 5.74) is 0.972. The second kappa shape index (κ2) is 13.1. The van der Waals surface area contributed by atoms with E-state index in [0.29, 0.717) is 37.7 Å². The fourth-order valence-corrected chi connectivity index (χ4v) is 2.70. The number of carbonyl (C=O) groups is 1. The lowest BCUT2D eigenvalue weighted by molar-refractivity contribution is -0.122. The Morgan fingerprint density at radius 2 is 1.77 bits per heavy atom. The average molecular weight is 431 g/mol. The lowest BCUT2D eigenvalue weighted by Crippen LogP contribution is -2.40. The molecule has 2 aromatic rings. The molecule has 0 atom stereocenters. The predicted octanol–water partition coefficient (Wildman–Crippen LogP) is 2.82. The van der Waals surface area contributed by atoms with E-state index < -0.39 is 0 Å². The Kier molecular flexibility index (Phi) is 10.1. The monoisotopic (exact) mass is 430 g/mol. The van der Waals surface area contributed by atoms with Gasteiger partial charge in [0.25, 0.3) is 5.91 Å². The van der Waals surface area contributed by atoms with Crippen molar-refractivity contribution in [1.29, 1.82) is 0 Å². The predicted molar refractivity (Wildman–Crippen MR) is 120 cm³/mol. The minimum atomic E-state index is -0.287. The normalized spacial score (nSPS) is 11.0. The first-order valence-electron chi connectivity index (χ1n) is 10.4. The van der Waals surface area contributed by atoms with E-state index in [-0.39, 0.29) is 18.3 Å². The number of benzene rings is 2. The summed E-state index contributed by atoms with van der Waals surface area (Å²) in [6.45, 7) is 6.68. The molecule has 8 heteroatoms. The van der Waals surface area contributed by atoms with Crippen LogP contribution in [0.25, 0.3) is 0 Å². The fraction of sp³-hybridized carbons (Fsp3) is 0.391. The second-order valence-corrected chi connectivity index (χ2v) is 6.78. The van der Waals surface area contributed by atoms with Crippen LogP contribution < -0.4 is 20.1 Å². The van der Waals surface area contributed by atoms with Crippen LogP contribution in [0.2, 0.25) is 0 Å². The Bertz CT molecular complexity index is 843. The van der Waals surface area contributed by atoms with Crippen molar-refractivity contribution >= 4 is 11.9 Å². The summed E-state index contributed by atoms with van der Waals surface area (Å²) in [7, 11) is 1.93. The number of hydrogen-bond donors (Lipinski definition) is 2. The number of likely N-dealkylation sites (N-methyl/N-ethyl adjacent to an activating group) is 2. The molecule has 0 saturated heterocycles. The van der Waals surface area contributed by atoms with Gasteiger partial charge in [-0.15, -0.1) is 0 Å². The molecular formula is C23H31FN4O3. The van der Waals surface area contributed by atoms with Crippen molar-refractivity contribution in [2.75, 3.05) is 39.9 Å². The highest BCUT2D eigenvalue weighted by molar-refractivity contribution is 5.79. The maximum atomic E-state index is 13.0. The lowest BCUT2D eigenvalue weighted by atomic mass is 10.2. The Balaban J connectivity index is 1.89. The molecule has 0 bridgehead atoms. The van der Waals surface area contributed by atoms with Crippen molar-refractivity contribution in [1.82, 2.24) is 15.5 Å². The summed E-state index contributed by atoms with van der Waals surface area (Å²) in [6, 6.07) is 13.5. The van der Waals surface area contributed by atoms with Crippen molar-refractivity contribution in [3.8, 4) is 11.5 Å². The van der Waals surface area contributed by atoms with Gasteiger partial charge >= 0.3 is 0 Å². The SMILES string of the molecule is CCNC(=O)COc1cccc(CN=C(NCC)N(C)CCOc2ccc(F)cc2)c1. The maximum absolute atomic E-state index is 13.0. The molecule has 0 aromatic heterocycles. The summed E-state index contributed by atoms with van der Waals surface area (Å²) < 4.78 is 24.2. The molecule has 168 valence electrons. The third-order valence-electron chi connectivity index (χ3n) is 4.26. The van der Waals surface area contributed by atoms with E-state index in [1.165, 1.54) is 12.1 Å². The molecule has 0 aliphatic carbocycles. The van der Waals surface area contributed by atoms with E-state index in [1.54, 1.807) is 12.1 Å². The number of guanidine groups is 1. The molecule has 2 N–H and O–H groups in total. The second-order valence-electron chi connectivity index (χ2n) is 6.78. The molecular weight excluding hydrogens is 399 g/mol.